The molecule has 178 valence electrons. The van der Waals surface area contributed by atoms with Gasteiger partial charge in [0.25, 0.3) is 0 Å². The molecule has 0 aliphatic heterocycles. The Balaban J connectivity index is 4.03. The highest BCUT2D eigenvalue weighted by atomic mass is 31.2. The zero-order valence-electron chi connectivity index (χ0n) is 17.1. The number of ether oxygens (including phenoxy) is 1. The summed E-state index contributed by atoms with van der Waals surface area (Å²) in [6.07, 6.45) is -14.8. The SMILES string of the molecule is COc1ccc(/C(=C(\C(F)(F)F)C(F)(F)P(=O)(OC(C)C)OC(C)C)C(F)(F)F)cc1. The molecule has 0 saturated heterocycles. The van der Waals surface area contributed by atoms with Crippen LogP contribution in [0.3, 0.4) is 0 Å². The van der Waals surface area contributed by atoms with Crippen molar-refractivity contribution in [2.45, 2.75) is 57.9 Å². The van der Waals surface area contributed by atoms with Gasteiger partial charge < -0.3 is 13.8 Å². The Labute approximate surface area is 173 Å². The second-order valence-corrected chi connectivity index (χ2v) is 8.80. The topological polar surface area (TPSA) is 44.8 Å². The fraction of sp³-hybridized carbons (Fsp3) is 0.556. The maximum absolute atomic E-state index is 15.1. The Hall–Kier alpha value is -1.65. The Kier molecular flexibility index (Phi) is 8.36. The molecule has 1 rings (SSSR count). The molecule has 1 aromatic carbocycles. The van der Waals surface area contributed by atoms with E-state index >= 15 is 8.78 Å². The molecule has 0 aliphatic rings. The first-order valence-electron chi connectivity index (χ1n) is 8.75. The minimum Gasteiger partial charge on any atom is -0.497 e. The van der Waals surface area contributed by atoms with Gasteiger partial charge in [0.1, 0.15) is 11.3 Å². The van der Waals surface area contributed by atoms with E-state index in [2.05, 4.69) is 9.05 Å². The second kappa shape index (κ2) is 9.46. The lowest BCUT2D eigenvalue weighted by molar-refractivity contribution is -0.126. The zero-order valence-corrected chi connectivity index (χ0v) is 18.0. The predicted octanol–water partition coefficient (Wildman–Crippen LogP) is 7.21. The molecule has 0 heterocycles. The summed E-state index contributed by atoms with van der Waals surface area (Å²) in [6, 6.07) is 2.78. The molecule has 1 aromatic rings. The van der Waals surface area contributed by atoms with Crippen LogP contribution >= 0.6 is 7.60 Å². The highest BCUT2D eigenvalue weighted by molar-refractivity contribution is 7.55. The maximum atomic E-state index is 15.1. The van der Waals surface area contributed by atoms with Crippen LogP contribution in [-0.2, 0) is 13.6 Å². The summed E-state index contributed by atoms with van der Waals surface area (Å²) in [5.74, 6) is -0.0254. The number of methoxy groups -OCH3 is 1. The van der Waals surface area contributed by atoms with Gasteiger partial charge in [-0.05, 0) is 45.4 Å². The van der Waals surface area contributed by atoms with Crippen molar-refractivity contribution in [3.8, 4) is 5.75 Å². The summed E-state index contributed by atoms with van der Waals surface area (Å²) in [5, 5.41) is 0. The van der Waals surface area contributed by atoms with Crippen molar-refractivity contribution in [2.75, 3.05) is 7.11 Å². The van der Waals surface area contributed by atoms with Crippen LogP contribution in [0.25, 0.3) is 5.57 Å². The molecular formula is C18H21F8O4P. The number of rotatable bonds is 8. The van der Waals surface area contributed by atoms with E-state index in [1.807, 2.05) is 0 Å². The van der Waals surface area contributed by atoms with Crippen LogP contribution < -0.4 is 4.74 Å². The summed E-state index contributed by atoms with van der Waals surface area (Å²) in [4.78, 5) is 0. The average Bonchev–Trinajstić information content (AvgIpc) is 2.55. The van der Waals surface area contributed by atoms with Gasteiger partial charge in [-0.15, -0.1) is 0 Å². The standard InChI is InChI=1S/C18H21F8O4P/c1-10(2)29-31(27,30-11(3)4)18(25,26)15(17(22,23)24)14(16(19,20)21)12-6-8-13(28-5)9-7-12/h6-11H,1-5H3/b15-14-. The fourth-order valence-corrected chi connectivity index (χ4v) is 4.46. The Morgan fingerprint density at radius 1 is 0.806 bits per heavy atom. The summed E-state index contributed by atoms with van der Waals surface area (Å²) in [5.41, 5.74) is -13.0. The minimum absolute atomic E-state index is 0.0254. The van der Waals surface area contributed by atoms with E-state index in [1.165, 1.54) is 0 Å². The first-order chi connectivity index (χ1) is 13.9. The van der Waals surface area contributed by atoms with Crippen LogP contribution in [0.2, 0.25) is 0 Å². The highest BCUT2D eigenvalue weighted by Crippen LogP contribution is 2.69. The van der Waals surface area contributed by atoms with Gasteiger partial charge in [0, 0.05) is 0 Å². The van der Waals surface area contributed by atoms with Crippen LogP contribution in [0.4, 0.5) is 35.1 Å². The predicted molar refractivity (Wildman–Crippen MR) is 97.0 cm³/mol. The second-order valence-electron chi connectivity index (χ2n) is 6.82. The lowest BCUT2D eigenvalue weighted by atomic mass is 9.98. The molecule has 0 spiro atoms. The molecule has 4 nitrogen and oxygen atoms in total. The maximum Gasteiger partial charge on any atom is 0.419 e. The molecule has 0 amide bonds. The smallest absolute Gasteiger partial charge is 0.419 e. The molecule has 0 fully saturated rings. The van der Waals surface area contributed by atoms with Gasteiger partial charge in [0.2, 0.25) is 0 Å². The molecule has 0 aromatic heterocycles. The third-order valence-electron chi connectivity index (χ3n) is 3.54. The van der Waals surface area contributed by atoms with E-state index in [0.29, 0.717) is 12.1 Å². The van der Waals surface area contributed by atoms with Crippen molar-refractivity contribution in [3.63, 3.8) is 0 Å². The molecule has 0 N–H and O–H groups in total. The third-order valence-corrected chi connectivity index (χ3v) is 5.85. The summed E-state index contributed by atoms with van der Waals surface area (Å²) in [6.45, 7) is 4.27. The van der Waals surface area contributed by atoms with Gasteiger partial charge in [-0.25, -0.2) is 0 Å². The van der Waals surface area contributed by atoms with E-state index in [-0.39, 0.29) is 5.75 Å². The molecule has 0 aliphatic carbocycles. The van der Waals surface area contributed by atoms with Gasteiger partial charge in [-0.1, -0.05) is 12.1 Å². The number of hydrogen-bond donors (Lipinski definition) is 0. The molecular weight excluding hydrogens is 463 g/mol. The van der Waals surface area contributed by atoms with Crippen molar-refractivity contribution in [3.05, 3.63) is 35.4 Å². The molecule has 0 saturated carbocycles. The Morgan fingerprint density at radius 2 is 1.23 bits per heavy atom. The molecule has 0 bridgehead atoms. The van der Waals surface area contributed by atoms with E-state index in [0.717, 1.165) is 46.9 Å². The van der Waals surface area contributed by atoms with E-state index in [9.17, 15) is 30.9 Å². The molecule has 31 heavy (non-hydrogen) atoms. The first-order valence-corrected chi connectivity index (χ1v) is 10.3. The fourth-order valence-electron chi connectivity index (χ4n) is 2.52. The normalized spacial score (nSPS) is 14.8. The number of benzene rings is 1. The highest BCUT2D eigenvalue weighted by Gasteiger charge is 2.67. The van der Waals surface area contributed by atoms with Crippen molar-refractivity contribution in [2.24, 2.45) is 0 Å². The Bertz CT molecular complexity index is 812. The summed E-state index contributed by atoms with van der Waals surface area (Å²) in [7, 11) is -4.94. The number of hydrogen-bond acceptors (Lipinski definition) is 4. The van der Waals surface area contributed by atoms with E-state index in [1.54, 1.807) is 0 Å². The van der Waals surface area contributed by atoms with Crippen LogP contribution in [0.5, 0.6) is 5.75 Å². The van der Waals surface area contributed by atoms with Gasteiger partial charge in [0.15, 0.2) is 0 Å². The lowest BCUT2D eigenvalue weighted by Gasteiger charge is -2.33. The van der Waals surface area contributed by atoms with Crippen molar-refractivity contribution in [1.82, 2.24) is 0 Å². The third kappa shape index (κ3) is 6.43. The summed E-state index contributed by atoms with van der Waals surface area (Å²) >= 11 is 0. The number of allylic oxidation sites excluding steroid dienone is 2. The molecule has 0 atom stereocenters. The van der Waals surface area contributed by atoms with Gasteiger partial charge in [0.05, 0.1) is 24.9 Å². The quantitative estimate of drug-likeness (QED) is 0.289. The zero-order chi connectivity index (χ0) is 24.4. The van der Waals surface area contributed by atoms with Crippen molar-refractivity contribution < 1.29 is 53.5 Å². The first kappa shape index (κ1) is 27.4. The molecule has 0 unspecified atom stereocenters. The van der Waals surface area contributed by atoms with Gasteiger partial charge in [-0.2, -0.15) is 35.1 Å². The van der Waals surface area contributed by atoms with E-state index in [4.69, 9.17) is 4.74 Å². The van der Waals surface area contributed by atoms with Crippen molar-refractivity contribution >= 4 is 13.2 Å². The van der Waals surface area contributed by atoms with Crippen LogP contribution in [0.15, 0.2) is 29.8 Å². The van der Waals surface area contributed by atoms with Crippen LogP contribution in [-0.4, -0.2) is 37.3 Å². The van der Waals surface area contributed by atoms with Crippen molar-refractivity contribution in [1.29, 1.82) is 0 Å². The molecule has 13 heteroatoms. The monoisotopic (exact) mass is 484 g/mol. The van der Waals surface area contributed by atoms with Gasteiger partial charge >= 0.3 is 25.6 Å². The number of alkyl halides is 8. The molecule has 0 radical (unpaired) electrons. The largest absolute Gasteiger partial charge is 0.497 e. The van der Waals surface area contributed by atoms with E-state index < -0.39 is 54.5 Å². The number of halogens is 8. The minimum atomic E-state index is -6.25. The lowest BCUT2D eigenvalue weighted by Crippen LogP contribution is -2.36. The summed E-state index contributed by atoms with van der Waals surface area (Å²) < 4.78 is 139. The average molecular weight is 484 g/mol. The van der Waals surface area contributed by atoms with Crippen LogP contribution in [0, 0.1) is 0 Å². The van der Waals surface area contributed by atoms with Crippen LogP contribution in [0.1, 0.15) is 33.3 Å². The van der Waals surface area contributed by atoms with Gasteiger partial charge in [-0.3, -0.25) is 4.57 Å². The Morgan fingerprint density at radius 3 is 1.52 bits per heavy atom.